The van der Waals surface area contributed by atoms with Gasteiger partial charge in [-0.15, -0.1) is 0 Å². The van der Waals surface area contributed by atoms with E-state index in [0.717, 1.165) is 25.8 Å². The van der Waals surface area contributed by atoms with Crippen LogP contribution in [0.3, 0.4) is 0 Å². The number of nitriles is 1. The lowest BCUT2D eigenvalue weighted by molar-refractivity contribution is 0.295. The highest BCUT2D eigenvalue weighted by molar-refractivity contribution is 5.21. The Kier molecular flexibility index (Phi) is 6.31. The largest absolute Gasteiger partial charge is 0.494 e. The number of nitrogens with zero attached hydrogens (tertiary/aromatic N) is 1. The first-order valence-electron chi connectivity index (χ1n) is 6.64. The fraction of sp³-hybridized carbons (Fsp3) is 0.533. The Hall–Kier alpha value is -1.60. The van der Waals surface area contributed by atoms with E-state index in [1.165, 1.54) is 12.1 Å². The molecule has 104 valence electrons. The van der Waals surface area contributed by atoms with Gasteiger partial charge >= 0.3 is 0 Å². The summed E-state index contributed by atoms with van der Waals surface area (Å²) in [5.74, 6) is 0.416. The van der Waals surface area contributed by atoms with Crippen LogP contribution >= 0.6 is 0 Å². The molecule has 3 nitrogen and oxygen atoms in total. The second-order valence-electron chi connectivity index (χ2n) is 4.73. The summed E-state index contributed by atoms with van der Waals surface area (Å²) in [6.45, 7) is 5.28. The number of rotatable bonds is 8. The Bertz CT molecular complexity index is 413. The van der Waals surface area contributed by atoms with Crippen LogP contribution in [0.4, 0.5) is 4.39 Å². The number of hydrogen-bond acceptors (Lipinski definition) is 3. The van der Waals surface area contributed by atoms with Crippen LogP contribution < -0.4 is 10.1 Å². The Balaban J connectivity index is 2.21. The minimum Gasteiger partial charge on any atom is -0.494 e. The zero-order chi connectivity index (χ0) is 14.1. The van der Waals surface area contributed by atoms with Gasteiger partial charge in [0.25, 0.3) is 0 Å². The quantitative estimate of drug-likeness (QED) is 0.733. The number of nitrogens with one attached hydrogen (secondary N) is 1. The smallest absolute Gasteiger partial charge is 0.123 e. The lowest BCUT2D eigenvalue weighted by Crippen LogP contribution is -2.40. The summed E-state index contributed by atoms with van der Waals surface area (Å²) < 4.78 is 18.2. The Morgan fingerprint density at radius 3 is 2.58 bits per heavy atom. The molecule has 0 fully saturated rings. The summed E-state index contributed by atoms with van der Waals surface area (Å²) in [5.41, 5.74) is -0.454. The van der Waals surface area contributed by atoms with E-state index in [-0.39, 0.29) is 5.82 Å². The van der Waals surface area contributed by atoms with Crippen molar-refractivity contribution in [1.82, 2.24) is 5.32 Å². The van der Waals surface area contributed by atoms with Crippen LogP contribution in [-0.4, -0.2) is 18.7 Å². The Morgan fingerprint density at radius 1 is 1.32 bits per heavy atom. The fourth-order valence-corrected chi connectivity index (χ4v) is 1.88. The van der Waals surface area contributed by atoms with E-state index in [1.54, 1.807) is 12.1 Å². The van der Waals surface area contributed by atoms with Gasteiger partial charge in [-0.05, 0) is 57.0 Å². The van der Waals surface area contributed by atoms with Gasteiger partial charge in [-0.1, -0.05) is 6.92 Å². The van der Waals surface area contributed by atoms with Gasteiger partial charge in [-0.3, -0.25) is 5.32 Å². The van der Waals surface area contributed by atoms with Gasteiger partial charge in [0.15, 0.2) is 0 Å². The van der Waals surface area contributed by atoms with Crippen molar-refractivity contribution in [3.8, 4) is 11.8 Å². The highest BCUT2D eigenvalue weighted by Gasteiger charge is 2.21. The second kappa shape index (κ2) is 7.75. The molecule has 0 aliphatic carbocycles. The van der Waals surface area contributed by atoms with Crippen molar-refractivity contribution in [2.75, 3.05) is 13.2 Å². The molecule has 1 unspecified atom stereocenters. The van der Waals surface area contributed by atoms with Crippen LogP contribution in [0.25, 0.3) is 0 Å². The molecular formula is C15H21FN2O. The summed E-state index contributed by atoms with van der Waals surface area (Å²) in [6.07, 6.45) is 2.59. The molecule has 0 saturated heterocycles. The molecule has 0 heterocycles. The third-order valence-electron chi connectivity index (χ3n) is 2.97. The first-order chi connectivity index (χ1) is 9.09. The van der Waals surface area contributed by atoms with E-state index < -0.39 is 5.54 Å². The molecular weight excluding hydrogens is 243 g/mol. The molecule has 0 bridgehead atoms. The zero-order valence-electron chi connectivity index (χ0n) is 11.6. The third-order valence-corrected chi connectivity index (χ3v) is 2.97. The minimum atomic E-state index is -0.454. The topological polar surface area (TPSA) is 45.0 Å². The summed E-state index contributed by atoms with van der Waals surface area (Å²) in [6, 6.07) is 8.30. The van der Waals surface area contributed by atoms with Crippen molar-refractivity contribution in [3.63, 3.8) is 0 Å². The van der Waals surface area contributed by atoms with Gasteiger partial charge in [0, 0.05) is 0 Å². The minimum absolute atomic E-state index is 0.261. The molecule has 0 radical (unpaired) electrons. The molecule has 1 atom stereocenters. The maximum absolute atomic E-state index is 12.7. The van der Waals surface area contributed by atoms with Crippen LogP contribution in [-0.2, 0) is 0 Å². The predicted molar refractivity (Wildman–Crippen MR) is 73.4 cm³/mol. The average Bonchev–Trinajstić information content (AvgIpc) is 2.41. The first kappa shape index (κ1) is 15.5. The first-order valence-corrected chi connectivity index (χ1v) is 6.64. The second-order valence-corrected chi connectivity index (χ2v) is 4.73. The third kappa shape index (κ3) is 5.71. The SMILES string of the molecule is CCNC(C)(C#N)CCCCOc1ccc(F)cc1. The van der Waals surface area contributed by atoms with Crippen LogP contribution in [0.15, 0.2) is 24.3 Å². The molecule has 4 heteroatoms. The summed E-state index contributed by atoms with van der Waals surface area (Å²) in [7, 11) is 0. The summed E-state index contributed by atoms with van der Waals surface area (Å²) in [4.78, 5) is 0. The van der Waals surface area contributed by atoms with Crippen LogP contribution in [0.5, 0.6) is 5.75 Å². The van der Waals surface area contributed by atoms with Crippen LogP contribution in [0.2, 0.25) is 0 Å². The number of ether oxygens (including phenoxy) is 1. The van der Waals surface area contributed by atoms with Gasteiger partial charge in [0.05, 0.1) is 12.7 Å². The predicted octanol–water partition coefficient (Wildman–Crippen LogP) is 3.27. The van der Waals surface area contributed by atoms with Crippen molar-refractivity contribution in [2.24, 2.45) is 0 Å². The van der Waals surface area contributed by atoms with Crippen molar-refractivity contribution >= 4 is 0 Å². The van der Waals surface area contributed by atoms with E-state index >= 15 is 0 Å². The zero-order valence-corrected chi connectivity index (χ0v) is 11.6. The van der Waals surface area contributed by atoms with Crippen molar-refractivity contribution in [3.05, 3.63) is 30.1 Å². The molecule has 0 saturated carbocycles. The number of halogens is 1. The molecule has 1 N–H and O–H groups in total. The van der Waals surface area contributed by atoms with Gasteiger partial charge in [0.1, 0.15) is 17.1 Å². The lowest BCUT2D eigenvalue weighted by atomic mass is 9.97. The molecule has 0 spiro atoms. The molecule has 1 aromatic rings. The molecule has 1 aromatic carbocycles. The number of unbranched alkanes of at least 4 members (excludes halogenated alkanes) is 1. The number of hydrogen-bond donors (Lipinski definition) is 1. The molecule has 0 aromatic heterocycles. The fourth-order valence-electron chi connectivity index (χ4n) is 1.88. The van der Waals surface area contributed by atoms with E-state index in [9.17, 15) is 4.39 Å². The van der Waals surface area contributed by atoms with Crippen LogP contribution in [0, 0.1) is 17.1 Å². The maximum Gasteiger partial charge on any atom is 0.123 e. The van der Waals surface area contributed by atoms with Gasteiger partial charge in [-0.25, -0.2) is 4.39 Å². The molecule has 19 heavy (non-hydrogen) atoms. The van der Waals surface area contributed by atoms with Crippen molar-refractivity contribution < 1.29 is 9.13 Å². The Labute approximate surface area is 114 Å². The van der Waals surface area contributed by atoms with Gasteiger partial charge < -0.3 is 4.74 Å². The van der Waals surface area contributed by atoms with Crippen molar-refractivity contribution in [1.29, 1.82) is 5.26 Å². The highest BCUT2D eigenvalue weighted by atomic mass is 19.1. The maximum atomic E-state index is 12.7. The van der Waals surface area contributed by atoms with Crippen molar-refractivity contribution in [2.45, 2.75) is 38.6 Å². The molecule has 0 aliphatic heterocycles. The van der Waals surface area contributed by atoms with Gasteiger partial charge in [0.2, 0.25) is 0 Å². The molecule has 0 amide bonds. The monoisotopic (exact) mass is 264 g/mol. The highest BCUT2D eigenvalue weighted by Crippen LogP contribution is 2.14. The standard InChI is InChI=1S/C15H21FN2O/c1-3-18-15(2,12-17)10-4-5-11-19-14-8-6-13(16)7-9-14/h6-9,18H,3-5,10-11H2,1-2H3. The summed E-state index contributed by atoms with van der Waals surface area (Å²) >= 11 is 0. The van der Waals surface area contributed by atoms with E-state index in [4.69, 9.17) is 10.00 Å². The average molecular weight is 264 g/mol. The molecule has 0 aliphatic rings. The normalized spacial score (nSPS) is 13.6. The van der Waals surface area contributed by atoms with E-state index in [0.29, 0.717) is 12.4 Å². The summed E-state index contributed by atoms with van der Waals surface area (Å²) in [5, 5.41) is 12.3. The van der Waals surface area contributed by atoms with Gasteiger partial charge in [-0.2, -0.15) is 5.26 Å². The molecule has 1 rings (SSSR count). The number of benzene rings is 1. The van der Waals surface area contributed by atoms with Crippen LogP contribution in [0.1, 0.15) is 33.1 Å². The van der Waals surface area contributed by atoms with E-state index in [1.807, 2.05) is 13.8 Å². The Morgan fingerprint density at radius 2 is 2.00 bits per heavy atom. The van der Waals surface area contributed by atoms with E-state index in [2.05, 4.69) is 11.4 Å². The lowest BCUT2D eigenvalue weighted by Gasteiger charge is -2.22.